The van der Waals surface area contributed by atoms with Crippen molar-refractivity contribution in [2.45, 2.75) is 39.0 Å². The Morgan fingerprint density at radius 3 is 2.52 bits per heavy atom. The first kappa shape index (κ1) is 15.7. The van der Waals surface area contributed by atoms with Crippen molar-refractivity contribution in [3.05, 3.63) is 45.6 Å². The summed E-state index contributed by atoms with van der Waals surface area (Å²) in [5.74, 6) is -0.210. The Morgan fingerprint density at radius 1 is 1.00 bits per heavy atom. The van der Waals surface area contributed by atoms with Crippen molar-refractivity contribution in [3.8, 4) is 0 Å². The van der Waals surface area contributed by atoms with E-state index in [4.69, 9.17) is 0 Å². The standard InChI is InChI=1S/C18H20N2O2S/c1-12(21)19-14-7-5-8-15(11-14)20-18(22)17-10-13-6-3-2-4-9-16(13)23-17/h5,7-8,10-11H,2-4,6,9H2,1H3,(H,19,21)(H,20,22). The van der Waals surface area contributed by atoms with Gasteiger partial charge in [-0.2, -0.15) is 0 Å². The molecule has 5 heteroatoms. The molecule has 0 saturated heterocycles. The number of thiophene rings is 1. The summed E-state index contributed by atoms with van der Waals surface area (Å²) < 4.78 is 0. The summed E-state index contributed by atoms with van der Waals surface area (Å²) in [4.78, 5) is 25.7. The topological polar surface area (TPSA) is 58.2 Å². The van der Waals surface area contributed by atoms with Gasteiger partial charge in [-0.05, 0) is 55.5 Å². The Hall–Kier alpha value is -2.14. The zero-order valence-corrected chi connectivity index (χ0v) is 14.0. The minimum atomic E-state index is -0.129. The number of amides is 2. The predicted molar refractivity (Wildman–Crippen MR) is 94.3 cm³/mol. The Balaban J connectivity index is 1.73. The number of rotatable bonds is 3. The van der Waals surface area contributed by atoms with Crippen molar-refractivity contribution in [1.29, 1.82) is 0 Å². The van der Waals surface area contributed by atoms with Crippen LogP contribution in [0, 0.1) is 0 Å². The summed E-state index contributed by atoms with van der Waals surface area (Å²) in [5.41, 5.74) is 2.70. The van der Waals surface area contributed by atoms with Crippen molar-refractivity contribution in [3.63, 3.8) is 0 Å². The lowest BCUT2D eigenvalue weighted by atomic mass is 10.1. The second-order valence-corrected chi connectivity index (χ2v) is 6.97. The Kier molecular flexibility index (Phi) is 4.76. The van der Waals surface area contributed by atoms with Gasteiger partial charge in [-0.15, -0.1) is 11.3 Å². The molecule has 0 fully saturated rings. The van der Waals surface area contributed by atoms with Crippen molar-refractivity contribution in [2.75, 3.05) is 10.6 Å². The second kappa shape index (κ2) is 6.96. The van der Waals surface area contributed by atoms with Crippen LogP contribution in [-0.4, -0.2) is 11.8 Å². The van der Waals surface area contributed by atoms with Crippen molar-refractivity contribution in [1.82, 2.24) is 0 Å². The van der Waals surface area contributed by atoms with E-state index in [1.807, 2.05) is 18.2 Å². The third kappa shape index (κ3) is 3.99. The van der Waals surface area contributed by atoms with Crippen LogP contribution in [0.15, 0.2) is 30.3 Å². The first-order valence-electron chi connectivity index (χ1n) is 7.92. The molecule has 2 aromatic rings. The third-order valence-electron chi connectivity index (χ3n) is 3.91. The molecule has 0 atom stereocenters. The molecule has 0 spiro atoms. The molecule has 0 radical (unpaired) electrons. The lowest BCUT2D eigenvalue weighted by molar-refractivity contribution is -0.114. The molecular weight excluding hydrogens is 308 g/mol. The monoisotopic (exact) mass is 328 g/mol. The first-order valence-corrected chi connectivity index (χ1v) is 8.74. The number of hydrogen-bond donors (Lipinski definition) is 2. The maximum atomic E-state index is 12.5. The fraction of sp³-hybridized carbons (Fsp3) is 0.333. The SMILES string of the molecule is CC(=O)Nc1cccc(NC(=O)c2cc3c(s2)CCCCC3)c1. The molecule has 0 saturated carbocycles. The highest BCUT2D eigenvalue weighted by molar-refractivity contribution is 7.14. The van der Waals surface area contributed by atoms with Crippen molar-refractivity contribution >= 4 is 34.5 Å². The van der Waals surface area contributed by atoms with E-state index in [-0.39, 0.29) is 11.8 Å². The molecule has 4 nitrogen and oxygen atoms in total. The highest BCUT2D eigenvalue weighted by atomic mass is 32.1. The molecule has 120 valence electrons. The number of fused-ring (bicyclic) bond motifs is 1. The van der Waals surface area contributed by atoms with Crippen LogP contribution in [-0.2, 0) is 17.6 Å². The van der Waals surface area contributed by atoms with Gasteiger partial charge in [0.05, 0.1) is 4.88 Å². The summed E-state index contributed by atoms with van der Waals surface area (Å²) in [6.07, 6.45) is 5.87. The summed E-state index contributed by atoms with van der Waals surface area (Å²) in [6.45, 7) is 1.46. The molecule has 3 rings (SSSR count). The Labute approximate surface area is 139 Å². The van der Waals surface area contributed by atoms with Crippen molar-refractivity contribution < 1.29 is 9.59 Å². The maximum Gasteiger partial charge on any atom is 0.265 e. The van der Waals surface area contributed by atoms with Crippen molar-refractivity contribution in [2.24, 2.45) is 0 Å². The minimum absolute atomic E-state index is 0.0805. The zero-order chi connectivity index (χ0) is 16.2. The van der Waals surface area contributed by atoms with Crippen LogP contribution >= 0.6 is 11.3 Å². The van der Waals surface area contributed by atoms with E-state index in [1.165, 1.54) is 36.6 Å². The van der Waals surface area contributed by atoms with Gasteiger partial charge in [0.15, 0.2) is 0 Å². The van der Waals surface area contributed by atoms with Gasteiger partial charge in [-0.1, -0.05) is 12.5 Å². The quantitative estimate of drug-likeness (QED) is 0.829. The normalized spacial score (nSPS) is 13.8. The Bertz CT molecular complexity index is 713. The summed E-state index contributed by atoms with van der Waals surface area (Å²) in [6, 6.07) is 9.23. The zero-order valence-electron chi connectivity index (χ0n) is 13.1. The molecule has 1 aliphatic carbocycles. The van der Waals surface area contributed by atoms with Gasteiger partial charge in [-0.25, -0.2) is 0 Å². The van der Waals surface area contributed by atoms with Crippen LogP contribution in [0.1, 0.15) is 46.3 Å². The van der Waals surface area contributed by atoms with E-state index in [9.17, 15) is 9.59 Å². The molecule has 0 unspecified atom stereocenters. The number of benzene rings is 1. The minimum Gasteiger partial charge on any atom is -0.326 e. The average Bonchev–Trinajstić information content (AvgIpc) is 2.78. The molecule has 1 heterocycles. The van der Waals surface area contributed by atoms with Crippen LogP contribution in [0.4, 0.5) is 11.4 Å². The number of carbonyl (C=O) groups excluding carboxylic acids is 2. The van der Waals surface area contributed by atoms with Gasteiger partial charge in [0.2, 0.25) is 5.91 Å². The van der Waals surface area contributed by atoms with Crippen LogP contribution in [0.25, 0.3) is 0 Å². The molecule has 0 aliphatic heterocycles. The third-order valence-corrected chi connectivity index (χ3v) is 5.15. The van der Waals surface area contributed by atoms with E-state index in [2.05, 4.69) is 10.6 Å². The molecule has 1 aromatic heterocycles. The smallest absolute Gasteiger partial charge is 0.265 e. The van der Waals surface area contributed by atoms with Gasteiger partial charge < -0.3 is 10.6 Å². The fourth-order valence-electron chi connectivity index (χ4n) is 2.85. The molecule has 2 N–H and O–H groups in total. The molecule has 1 aliphatic rings. The summed E-state index contributed by atoms with van der Waals surface area (Å²) in [5, 5.41) is 5.63. The molecule has 2 amide bonds. The average molecular weight is 328 g/mol. The second-order valence-electron chi connectivity index (χ2n) is 5.84. The largest absolute Gasteiger partial charge is 0.326 e. The van der Waals surface area contributed by atoms with Crippen LogP contribution in [0.3, 0.4) is 0 Å². The lowest BCUT2D eigenvalue weighted by Crippen LogP contribution is -2.11. The maximum absolute atomic E-state index is 12.5. The van der Waals surface area contributed by atoms with Gasteiger partial charge in [0.25, 0.3) is 5.91 Å². The van der Waals surface area contributed by atoms with E-state index < -0.39 is 0 Å². The number of anilines is 2. The molecular formula is C18H20N2O2S. The first-order chi connectivity index (χ1) is 11.1. The van der Waals surface area contributed by atoms with Gasteiger partial charge >= 0.3 is 0 Å². The van der Waals surface area contributed by atoms with E-state index >= 15 is 0 Å². The molecule has 23 heavy (non-hydrogen) atoms. The highest BCUT2D eigenvalue weighted by Gasteiger charge is 2.16. The molecule has 0 bridgehead atoms. The number of carbonyl (C=O) groups is 2. The van der Waals surface area contributed by atoms with E-state index in [0.717, 1.165) is 17.7 Å². The van der Waals surface area contributed by atoms with E-state index in [0.29, 0.717) is 11.4 Å². The Morgan fingerprint density at radius 2 is 1.74 bits per heavy atom. The van der Waals surface area contributed by atoms with Crippen LogP contribution in [0.5, 0.6) is 0 Å². The van der Waals surface area contributed by atoms with Crippen LogP contribution in [0.2, 0.25) is 0 Å². The predicted octanol–water partition coefficient (Wildman–Crippen LogP) is 4.23. The highest BCUT2D eigenvalue weighted by Crippen LogP contribution is 2.29. The number of hydrogen-bond acceptors (Lipinski definition) is 3. The number of nitrogens with one attached hydrogen (secondary N) is 2. The van der Waals surface area contributed by atoms with E-state index in [1.54, 1.807) is 23.5 Å². The van der Waals surface area contributed by atoms with Gasteiger partial charge in [-0.3, -0.25) is 9.59 Å². The lowest BCUT2D eigenvalue weighted by Gasteiger charge is -2.07. The fourth-order valence-corrected chi connectivity index (χ4v) is 4.00. The van der Waals surface area contributed by atoms with Gasteiger partial charge in [0, 0.05) is 23.2 Å². The van der Waals surface area contributed by atoms with Gasteiger partial charge in [0.1, 0.15) is 0 Å². The molecule has 1 aromatic carbocycles. The summed E-state index contributed by atoms with van der Waals surface area (Å²) in [7, 11) is 0. The number of aryl methyl sites for hydroxylation is 2. The summed E-state index contributed by atoms with van der Waals surface area (Å²) >= 11 is 1.61. The van der Waals surface area contributed by atoms with Crippen LogP contribution < -0.4 is 10.6 Å².